The molecule has 0 aliphatic heterocycles. The second-order valence-corrected chi connectivity index (χ2v) is 4.79. The van der Waals surface area contributed by atoms with Crippen LogP contribution in [0, 0.1) is 0 Å². The van der Waals surface area contributed by atoms with Crippen LogP contribution in [-0.2, 0) is 6.54 Å². The highest BCUT2D eigenvalue weighted by Crippen LogP contribution is 2.23. The van der Waals surface area contributed by atoms with Crippen molar-refractivity contribution in [3.05, 3.63) is 29.5 Å². The van der Waals surface area contributed by atoms with Gasteiger partial charge in [-0.2, -0.15) is 0 Å². The lowest BCUT2D eigenvalue weighted by atomic mass is 10.4. The lowest BCUT2D eigenvalue weighted by molar-refractivity contribution is 0.154. The summed E-state index contributed by atoms with van der Waals surface area (Å²) in [5.41, 5.74) is 0.806. The maximum Gasteiger partial charge on any atom is 0.236 e. The first-order valence-corrected chi connectivity index (χ1v) is 6.64. The predicted octanol–water partition coefficient (Wildman–Crippen LogP) is 1.19. The first-order chi connectivity index (χ1) is 8.83. The minimum absolute atomic E-state index is 0.0651. The van der Waals surface area contributed by atoms with Gasteiger partial charge in [-0.15, -0.1) is 11.3 Å². The summed E-state index contributed by atoms with van der Waals surface area (Å²) in [5.74, 6) is 0.618. The van der Waals surface area contributed by atoms with Gasteiger partial charge >= 0.3 is 0 Å². The largest absolute Gasteiger partial charge is 0.444 e. The highest BCUT2D eigenvalue weighted by molar-refractivity contribution is 7.13. The third-order valence-corrected chi connectivity index (χ3v) is 3.36. The molecule has 0 aromatic carbocycles. The quantitative estimate of drug-likeness (QED) is 0.789. The Morgan fingerprint density at radius 3 is 2.67 bits per heavy atom. The van der Waals surface area contributed by atoms with Crippen molar-refractivity contribution in [1.82, 2.24) is 9.88 Å². The Hall–Kier alpha value is -1.21. The molecule has 0 atom stereocenters. The molecule has 0 aliphatic rings. The molecular formula is C12H16N2O3S. The van der Waals surface area contributed by atoms with Crippen molar-refractivity contribution in [2.45, 2.75) is 6.54 Å². The van der Waals surface area contributed by atoms with Crippen LogP contribution in [0.15, 0.2) is 28.2 Å². The van der Waals surface area contributed by atoms with Gasteiger partial charge in [0.2, 0.25) is 5.89 Å². The van der Waals surface area contributed by atoms with Crippen LogP contribution in [0.3, 0.4) is 0 Å². The number of thiophene rings is 1. The van der Waals surface area contributed by atoms with E-state index in [1.54, 1.807) is 17.6 Å². The zero-order valence-corrected chi connectivity index (χ0v) is 10.8. The Labute approximate surface area is 109 Å². The summed E-state index contributed by atoms with van der Waals surface area (Å²) in [6.45, 7) is 1.73. The van der Waals surface area contributed by atoms with Crippen molar-refractivity contribution >= 4 is 11.3 Å². The fraction of sp³-hybridized carbons (Fsp3) is 0.417. The molecule has 2 aromatic heterocycles. The summed E-state index contributed by atoms with van der Waals surface area (Å²) < 4.78 is 5.41. The summed E-state index contributed by atoms with van der Waals surface area (Å²) in [4.78, 5) is 7.32. The number of aromatic nitrogens is 1. The van der Waals surface area contributed by atoms with Crippen LogP contribution in [0.2, 0.25) is 0 Å². The third kappa shape index (κ3) is 3.39. The van der Waals surface area contributed by atoms with Gasteiger partial charge in [0.25, 0.3) is 0 Å². The Morgan fingerprint density at radius 1 is 1.28 bits per heavy atom. The Bertz CT molecular complexity index is 450. The van der Waals surface area contributed by atoms with E-state index in [4.69, 9.17) is 14.6 Å². The van der Waals surface area contributed by atoms with Crippen molar-refractivity contribution in [2.24, 2.45) is 0 Å². The summed E-state index contributed by atoms with van der Waals surface area (Å²) in [6.07, 6.45) is 1.62. The van der Waals surface area contributed by atoms with Gasteiger partial charge in [0.15, 0.2) is 0 Å². The number of hydrogen-bond acceptors (Lipinski definition) is 6. The van der Waals surface area contributed by atoms with Crippen molar-refractivity contribution in [3.63, 3.8) is 0 Å². The van der Waals surface area contributed by atoms with Crippen molar-refractivity contribution in [1.29, 1.82) is 0 Å². The van der Waals surface area contributed by atoms with Crippen molar-refractivity contribution in [2.75, 3.05) is 26.3 Å². The van der Waals surface area contributed by atoms with Gasteiger partial charge in [0, 0.05) is 19.6 Å². The molecule has 2 aromatic rings. The maximum atomic E-state index is 8.93. The zero-order chi connectivity index (χ0) is 12.8. The zero-order valence-electron chi connectivity index (χ0n) is 9.95. The van der Waals surface area contributed by atoms with Gasteiger partial charge in [-0.3, -0.25) is 4.90 Å². The van der Waals surface area contributed by atoms with E-state index in [1.165, 1.54) is 0 Å². The molecule has 0 unspecified atom stereocenters. The average Bonchev–Trinajstić information content (AvgIpc) is 2.98. The lowest BCUT2D eigenvalue weighted by Gasteiger charge is -2.18. The molecule has 0 spiro atoms. The molecule has 5 nitrogen and oxygen atoms in total. The normalized spacial score (nSPS) is 11.3. The second kappa shape index (κ2) is 6.65. The summed E-state index contributed by atoms with van der Waals surface area (Å²) >= 11 is 1.58. The first kappa shape index (κ1) is 13.2. The van der Waals surface area contributed by atoms with Crippen LogP contribution < -0.4 is 0 Å². The molecule has 18 heavy (non-hydrogen) atoms. The topological polar surface area (TPSA) is 69.7 Å². The molecule has 0 saturated carbocycles. The molecule has 2 N–H and O–H groups in total. The number of hydrogen-bond donors (Lipinski definition) is 2. The van der Waals surface area contributed by atoms with Crippen LogP contribution >= 0.6 is 11.3 Å². The molecule has 2 heterocycles. The number of rotatable bonds is 7. The van der Waals surface area contributed by atoms with Crippen LogP contribution in [0.1, 0.15) is 5.69 Å². The van der Waals surface area contributed by atoms with E-state index in [-0.39, 0.29) is 13.2 Å². The van der Waals surface area contributed by atoms with Crippen molar-refractivity contribution < 1.29 is 14.6 Å². The van der Waals surface area contributed by atoms with Crippen LogP contribution in [-0.4, -0.2) is 46.4 Å². The molecule has 98 valence electrons. The minimum Gasteiger partial charge on any atom is -0.444 e. The fourth-order valence-electron chi connectivity index (χ4n) is 1.67. The van der Waals surface area contributed by atoms with E-state index in [0.29, 0.717) is 25.5 Å². The van der Waals surface area contributed by atoms with E-state index in [2.05, 4.69) is 4.98 Å². The molecule has 0 amide bonds. The van der Waals surface area contributed by atoms with Gasteiger partial charge < -0.3 is 14.6 Å². The summed E-state index contributed by atoms with van der Waals surface area (Å²) in [7, 11) is 0. The van der Waals surface area contributed by atoms with Crippen molar-refractivity contribution in [3.8, 4) is 10.8 Å². The lowest BCUT2D eigenvalue weighted by Crippen LogP contribution is -2.29. The minimum atomic E-state index is 0.0651. The van der Waals surface area contributed by atoms with Gasteiger partial charge in [-0.05, 0) is 11.4 Å². The summed E-state index contributed by atoms with van der Waals surface area (Å²) in [5, 5.41) is 19.8. The number of aliphatic hydroxyl groups is 2. The van der Waals surface area contributed by atoms with Gasteiger partial charge in [0.1, 0.15) is 6.26 Å². The smallest absolute Gasteiger partial charge is 0.236 e. The number of aliphatic hydroxyl groups excluding tert-OH is 2. The third-order valence-electron chi connectivity index (χ3n) is 2.50. The van der Waals surface area contributed by atoms with E-state index in [9.17, 15) is 0 Å². The Kier molecular flexibility index (Phi) is 4.89. The number of oxazole rings is 1. The van der Waals surface area contributed by atoms with E-state index in [0.717, 1.165) is 10.6 Å². The molecular weight excluding hydrogens is 252 g/mol. The molecule has 0 aliphatic carbocycles. The molecule has 2 rings (SSSR count). The molecule has 0 fully saturated rings. The Balaban J connectivity index is 2.01. The SMILES string of the molecule is OCCN(CCO)Cc1coc(-c2cccs2)n1. The average molecular weight is 268 g/mol. The van der Waals surface area contributed by atoms with Crippen LogP contribution in [0.25, 0.3) is 10.8 Å². The second-order valence-electron chi connectivity index (χ2n) is 3.84. The monoisotopic (exact) mass is 268 g/mol. The van der Waals surface area contributed by atoms with E-state index < -0.39 is 0 Å². The van der Waals surface area contributed by atoms with E-state index >= 15 is 0 Å². The van der Waals surface area contributed by atoms with Crippen LogP contribution in [0.4, 0.5) is 0 Å². The van der Waals surface area contributed by atoms with Crippen LogP contribution in [0.5, 0.6) is 0 Å². The highest BCUT2D eigenvalue weighted by atomic mass is 32.1. The Morgan fingerprint density at radius 2 is 2.06 bits per heavy atom. The standard InChI is InChI=1S/C12H16N2O3S/c15-5-3-14(4-6-16)8-10-9-17-12(13-10)11-2-1-7-18-11/h1-2,7,9,15-16H,3-6,8H2. The maximum absolute atomic E-state index is 8.93. The molecule has 0 radical (unpaired) electrons. The predicted molar refractivity (Wildman–Crippen MR) is 69.3 cm³/mol. The molecule has 6 heteroatoms. The summed E-state index contributed by atoms with van der Waals surface area (Å²) in [6, 6.07) is 3.91. The van der Waals surface area contributed by atoms with Gasteiger partial charge in [0.05, 0.1) is 23.8 Å². The van der Waals surface area contributed by atoms with E-state index in [1.807, 2.05) is 22.4 Å². The van der Waals surface area contributed by atoms with Gasteiger partial charge in [-0.1, -0.05) is 6.07 Å². The molecule has 0 saturated heterocycles. The first-order valence-electron chi connectivity index (χ1n) is 5.76. The number of nitrogens with zero attached hydrogens (tertiary/aromatic N) is 2. The molecule has 0 bridgehead atoms. The highest BCUT2D eigenvalue weighted by Gasteiger charge is 2.11. The van der Waals surface area contributed by atoms with Gasteiger partial charge in [-0.25, -0.2) is 4.98 Å². The fourth-order valence-corrected chi connectivity index (χ4v) is 2.33.